The molecule has 0 unspecified atom stereocenters. The molecule has 0 aliphatic carbocycles. The number of hydrogen-bond donors (Lipinski definition) is 1. The van der Waals surface area contributed by atoms with Crippen LogP contribution in [0.25, 0.3) is 11.5 Å². The lowest BCUT2D eigenvalue weighted by Crippen LogP contribution is -2.13. The topological polar surface area (TPSA) is 107 Å². The molecule has 8 nitrogen and oxygen atoms in total. The lowest BCUT2D eigenvalue weighted by atomic mass is 10.3. The van der Waals surface area contributed by atoms with E-state index in [-0.39, 0.29) is 24.5 Å². The number of hydrogen-bond acceptors (Lipinski definition) is 6. The lowest BCUT2D eigenvalue weighted by molar-refractivity contribution is 0.185. The summed E-state index contributed by atoms with van der Waals surface area (Å²) >= 11 is 0. The first-order valence-corrected chi connectivity index (χ1v) is 7.81. The van der Waals surface area contributed by atoms with Gasteiger partial charge in [0.15, 0.2) is 5.82 Å². The van der Waals surface area contributed by atoms with Crippen LogP contribution in [-0.4, -0.2) is 41.9 Å². The number of halogens is 1. The molecule has 20 heavy (non-hydrogen) atoms. The molecular formula is C10H11ClN4O4S. The van der Waals surface area contributed by atoms with Crippen LogP contribution >= 0.6 is 10.7 Å². The molecule has 2 aromatic rings. The Kier molecular flexibility index (Phi) is 4.21. The van der Waals surface area contributed by atoms with Gasteiger partial charge in [0.1, 0.15) is 0 Å². The number of H-pyrrole nitrogens is 1. The van der Waals surface area contributed by atoms with Gasteiger partial charge in [-0.3, -0.25) is 9.36 Å². The first-order valence-electron chi connectivity index (χ1n) is 5.50. The van der Waals surface area contributed by atoms with Crippen molar-refractivity contribution in [3.63, 3.8) is 0 Å². The Hall–Kier alpha value is -1.71. The minimum atomic E-state index is -4.05. The van der Waals surface area contributed by atoms with E-state index in [0.29, 0.717) is 5.69 Å². The third-order valence-corrected chi connectivity index (χ3v) is 3.62. The Balaban J connectivity index is 2.59. The lowest BCUT2D eigenvalue weighted by Gasteiger charge is -2.07. The smallest absolute Gasteiger partial charge is 0.296 e. The molecule has 2 heterocycles. The fourth-order valence-electron chi connectivity index (χ4n) is 1.63. The van der Waals surface area contributed by atoms with Crippen molar-refractivity contribution < 1.29 is 13.2 Å². The monoisotopic (exact) mass is 318 g/mol. The third-order valence-electron chi connectivity index (χ3n) is 2.46. The minimum absolute atomic E-state index is 0.178. The second-order valence-corrected chi connectivity index (χ2v) is 6.28. The normalized spacial score (nSPS) is 11.7. The number of aromatic amines is 1. The van der Waals surface area contributed by atoms with Gasteiger partial charge < -0.3 is 9.72 Å². The minimum Gasteiger partial charge on any atom is -0.383 e. The summed E-state index contributed by atoms with van der Waals surface area (Å²) in [7, 11) is 2.74. The summed E-state index contributed by atoms with van der Waals surface area (Å²) in [5.41, 5.74) is 0.00624. The van der Waals surface area contributed by atoms with Crippen molar-refractivity contribution in [1.82, 2.24) is 19.7 Å². The van der Waals surface area contributed by atoms with Crippen molar-refractivity contribution in [2.75, 3.05) is 13.7 Å². The van der Waals surface area contributed by atoms with Gasteiger partial charge in [-0.1, -0.05) is 6.07 Å². The highest BCUT2D eigenvalue weighted by Gasteiger charge is 2.23. The molecule has 10 heteroatoms. The summed E-state index contributed by atoms with van der Waals surface area (Å²) in [6.45, 7) is 0.415. The van der Waals surface area contributed by atoms with E-state index < -0.39 is 14.2 Å². The molecule has 0 fully saturated rings. The summed E-state index contributed by atoms with van der Waals surface area (Å²) in [5.74, 6) is 0.193. The van der Waals surface area contributed by atoms with Crippen LogP contribution in [0.3, 0.4) is 0 Å². The Labute approximate surface area is 118 Å². The predicted molar refractivity (Wildman–Crippen MR) is 71.0 cm³/mol. The standard InChI is InChI=1S/C10H11ClN4O4S/c1-19-6-5-15-9(7-3-2-4-8(16)12-7)13-14-10(15)20(11,17)18/h2-4H,5-6H2,1H3,(H,12,16). The van der Waals surface area contributed by atoms with Crippen molar-refractivity contribution in [2.24, 2.45) is 0 Å². The van der Waals surface area contributed by atoms with Gasteiger partial charge in [-0.25, -0.2) is 8.42 Å². The number of aromatic nitrogens is 4. The van der Waals surface area contributed by atoms with Crippen molar-refractivity contribution in [1.29, 1.82) is 0 Å². The molecule has 0 amide bonds. The van der Waals surface area contributed by atoms with Crippen molar-refractivity contribution in [3.05, 3.63) is 28.6 Å². The number of nitrogens with one attached hydrogen (secondary N) is 1. The largest absolute Gasteiger partial charge is 0.383 e. The maximum Gasteiger partial charge on any atom is 0.296 e. The van der Waals surface area contributed by atoms with Gasteiger partial charge in [0.25, 0.3) is 14.2 Å². The Morgan fingerprint density at radius 1 is 1.40 bits per heavy atom. The van der Waals surface area contributed by atoms with E-state index in [4.69, 9.17) is 15.4 Å². The zero-order valence-electron chi connectivity index (χ0n) is 10.4. The van der Waals surface area contributed by atoms with E-state index >= 15 is 0 Å². The Morgan fingerprint density at radius 3 is 2.75 bits per heavy atom. The summed E-state index contributed by atoms with van der Waals surface area (Å²) in [6.07, 6.45) is 0. The SMILES string of the molecule is COCCn1c(-c2cccc(=O)[nH]2)nnc1S(=O)(=O)Cl. The molecule has 0 spiro atoms. The molecule has 108 valence electrons. The van der Waals surface area contributed by atoms with E-state index in [1.165, 1.54) is 23.8 Å². The summed E-state index contributed by atoms with van der Waals surface area (Å²) in [4.78, 5) is 13.9. The average molecular weight is 319 g/mol. The second-order valence-electron chi connectivity index (χ2n) is 3.82. The van der Waals surface area contributed by atoms with Gasteiger partial charge in [-0.2, -0.15) is 0 Å². The molecule has 2 rings (SSSR count). The number of ether oxygens (including phenoxy) is 1. The van der Waals surface area contributed by atoms with E-state index in [9.17, 15) is 13.2 Å². The van der Waals surface area contributed by atoms with Crippen LogP contribution in [0.4, 0.5) is 0 Å². The van der Waals surface area contributed by atoms with Crippen LogP contribution in [0.15, 0.2) is 28.2 Å². The highest BCUT2D eigenvalue weighted by atomic mass is 35.7. The van der Waals surface area contributed by atoms with Crippen LogP contribution in [0.5, 0.6) is 0 Å². The summed E-state index contributed by atoms with van der Waals surface area (Å²) < 4.78 is 29.1. The fraction of sp³-hybridized carbons (Fsp3) is 0.300. The predicted octanol–water partition coefficient (Wildman–Crippen LogP) is 0.207. The number of methoxy groups -OCH3 is 1. The van der Waals surface area contributed by atoms with E-state index in [2.05, 4.69) is 15.2 Å². The van der Waals surface area contributed by atoms with Gasteiger partial charge in [0.05, 0.1) is 18.8 Å². The van der Waals surface area contributed by atoms with Crippen molar-refractivity contribution in [2.45, 2.75) is 11.7 Å². The average Bonchev–Trinajstić information content (AvgIpc) is 2.79. The fourth-order valence-corrected chi connectivity index (χ4v) is 2.55. The molecule has 0 saturated heterocycles. The Morgan fingerprint density at radius 2 is 2.15 bits per heavy atom. The number of rotatable bonds is 5. The third kappa shape index (κ3) is 3.06. The highest BCUT2D eigenvalue weighted by Crippen LogP contribution is 2.20. The summed E-state index contributed by atoms with van der Waals surface area (Å²) in [5, 5.41) is 6.94. The van der Waals surface area contributed by atoms with Crippen LogP contribution in [0.2, 0.25) is 0 Å². The van der Waals surface area contributed by atoms with Crippen LogP contribution in [-0.2, 0) is 20.3 Å². The molecule has 2 aromatic heterocycles. The van der Waals surface area contributed by atoms with Gasteiger partial charge in [0.2, 0.25) is 5.56 Å². The first-order chi connectivity index (χ1) is 9.43. The van der Waals surface area contributed by atoms with Gasteiger partial charge in [-0.15, -0.1) is 10.2 Å². The highest BCUT2D eigenvalue weighted by molar-refractivity contribution is 8.13. The van der Waals surface area contributed by atoms with E-state index in [1.54, 1.807) is 6.07 Å². The number of pyridine rings is 1. The van der Waals surface area contributed by atoms with Crippen LogP contribution < -0.4 is 5.56 Å². The zero-order chi connectivity index (χ0) is 14.8. The van der Waals surface area contributed by atoms with Gasteiger partial charge in [-0.05, 0) is 6.07 Å². The zero-order valence-corrected chi connectivity index (χ0v) is 12.0. The van der Waals surface area contributed by atoms with Gasteiger partial charge in [0, 0.05) is 23.9 Å². The molecular weight excluding hydrogens is 308 g/mol. The maximum absolute atomic E-state index is 11.5. The second kappa shape index (κ2) is 5.73. The first kappa shape index (κ1) is 14.7. The van der Waals surface area contributed by atoms with E-state index in [0.717, 1.165) is 0 Å². The number of nitrogens with zero attached hydrogens (tertiary/aromatic N) is 3. The molecule has 0 aliphatic rings. The summed E-state index contributed by atoms with van der Waals surface area (Å²) in [6, 6.07) is 4.44. The van der Waals surface area contributed by atoms with E-state index in [1.807, 2.05) is 0 Å². The maximum atomic E-state index is 11.5. The molecule has 0 aliphatic heterocycles. The quantitative estimate of drug-likeness (QED) is 0.790. The molecule has 0 aromatic carbocycles. The molecule has 0 bridgehead atoms. The van der Waals surface area contributed by atoms with Crippen molar-refractivity contribution >= 4 is 19.7 Å². The Bertz CT molecular complexity index is 768. The van der Waals surface area contributed by atoms with Crippen molar-refractivity contribution in [3.8, 4) is 11.5 Å². The van der Waals surface area contributed by atoms with Gasteiger partial charge >= 0.3 is 0 Å². The molecule has 0 radical (unpaired) electrons. The van der Waals surface area contributed by atoms with Crippen LogP contribution in [0.1, 0.15) is 0 Å². The van der Waals surface area contributed by atoms with Crippen LogP contribution in [0, 0.1) is 0 Å². The molecule has 0 atom stereocenters. The molecule has 1 N–H and O–H groups in total. The molecule has 0 saturated carbocycles.